The zero-order valence-electron chi connectivity index (χ0n) is 16.9. The molecule has 0 aromatic rings. The molecule has 0 aromatic heterocycles. The summed E-state index contributed by atoms with van der Waals surface area (Å²) in [7, 11) is 0. The summed E-state index contributed by atoms with van der Waals surface area (Å²) in [6.07, 6.45) is 16.5. The van der Waals surface area contributed by atoms with Gasteiger partial charge in [-0.2, -0.15) is 0 Å². The summed E-state index contributed by atoms with van der Waals surface area (Å²) in [5, 5.41) is 0. The normalized spacial score (nSPS) is 49.7. The molecule has 0 heteroatoms. The highest BCUT2D eigenvalue weighted by atomic mass is 14.6. The van der Waals surface area contributed by atoms with Crippen LogP contribution in [0.4, 0.5) is 0 Å². The third-order valence-corrected chi connectivity index (χ3v) is 8.71. The summed E-state index contributed by atoms with van der Waals surface area (Å²) in [5.41, 5.74) is 2.95. The lowest BCUT2D eigenvalue weighted by Gasteiger charge is -2.58. The Labute approximate surface area is 151 Å². The van der Waals surface area contributed by atoms with Crippen LogP contribution in [0, 0.1) is 40.4 Å². The van der Waals surface area contributed by atoms with Gasteiger partial charge in [0.15, 0.2) is 0 Å². The van der Waals surface area contributed by atoms with E-state index >= 15 is 0 Å². The van der Waals surface area contributed by atoms with Crippen LogP contribution in [0.3, 0.4) is 0 Å². The second-order valence-corrected chi connectivity index (χ2v) is 9.57. The lowest BCUT2D eigenvalue weighted by Crippen LogP contribution is -2.49. The molecule has 0 nitrogen and oxygen atoms in total. The SMILES string of the molecule is C=CC1CCC2C3CC=C4CC(C)CCC4(C)C3CCC12C.CC. The first-order chi connectivity index (χ1) is 11.5. The van der Waals surface area contributed by atoms with Crippen molar-refractivity contribution in [2.45, 2.75) is 86.0 Å². The van der Waals surface area contributed by atoms with E-state index in [0.29, 0.717) is 10.8 Å². The molecule has 0 aliphatic heterocycles. The van der Waals surface area contributed by atoms with Gasteiger partial charge < -0.3 is 0 Å². The number of allylic oxidation sites excluding steroid dienone is 3. The third kappa shape index (κ3) is 2.55. The average molecular weight is 329 g/mol. The van der Waals surface area contributed by atoms with E-state index in [9.17, 15) is 0 Å². The molecule has 4 aliphatic rings. The number of rotatable bonds is 1. The molecule has 0 spiro atoms. The molecule has 24 heavy (non-hydrogen) atoms. The van der Waals surface area contributed by atoms with Crippen molar-refractivity contribution in [3.63, 3.8) is 0 Å². The van der Waals surface area contributed by atoms with Crippen molar-refractivity contribution in [2.75, 3.05) is 0 Å². The molecular weight excluding hydrogens is 288 g/mol. The van der Waals surface area contributed by atoms with Crippen molar-refractivity contribution in [3.8, 4) is 0 Å². The highest BCUT2D eigenvalue weighted by Gasteiger charge is 2.57. The van der Waals surface area contributed by atoms with Crippen LogP contribution in [0.1, 0.15) is 86.0 Å². The summed E-state index contributed by atoms with van der Waals surface area (Å²) in [6, 6.07) is 0. The Balaban J connectivity index is 0.000000815. The molecule has 0 saturated heterocycles. The maximum Gasteiger partial charge on any atom is -0.00851 e. The summed E-state index contributed by atoms with van der Waals surface area (Å²) < 4.78 is 0. The van der Waals surface area contributed by atoms with E-state index in [0.717, 1.165) is 29.6 Å². The fourth-order valence-corrected chi connectivity index (χ4v) is 7.27. The molecule has 3 saturated carbocycles. The van der Waals surface area contributed by atoms with Gasteiger partial charge in [-0.1, -0.05) is 52.3 Å². The quantitative estimate of drug-likeness (QED) is 0.439. The molecule has 0 radical (unpaired) electrons. The van der Waals surface area contributed by atoms with E-state index in [1.54, 1.807) is 0 Å². The van der Waals surface area contributed by atoms with Crippen molar-refractivity contribution >= 4 is 0 Å². The molecule has 0 bridgehead atoms. The van der Waals surface area contributed by atoms with E-state index in [1.165, 1.54) is 51.4 Å². The molecule has 0 aromatic carbocycles. The topological polar surface area (TPSA) is 0 Å². The van der Waals surface area contributed by atoms with Gasteiger partial charge in [-0.05, 0) is 91.8 Å². The minimum Gasteiger partial charge on any atom is -0.103 e. The van der Waals surface area contributed by atoms with E-state index in [2.05, 4.69) is 39.5 Å². The highest BCUT2D eigenvalue weighted by Crippen LogP contribution is 2.66. The minimum atomic E-state index is 0.545. The Kier molecular flexibility index (Phi) is 5.07. The zero-order valence-corrected chi connectivity index (χ0v) is 16.9. The summed E-state index contributed by atoms with van der Waals surface area (Å²) in [5.74, 6) is 4.60. The molecule has 7 atom stereocenters. The van der Waals surface area contributed by atoms with Gasteiger partial charge in [-0.25, -0.2) is 0 Å². The average Bonchev–Trinajstić information content (AvgIpc) is 2.93. The van der Waals surface area contributed by atoms with Gasteiger partial charge in [0.25, 0.3) is 0 Å². The van der Waals surface area contributed by atoms with Crippen molar-refractivity contribution < 1.29 is 0 Å². The fraction of sp³-hybridized carbons (Fsp3) is 0.833. The number of hydrogen-bond donors (Lipinski definition) is 0. The molecule has 3 fully saturated rings. The Bertz CT molecular complexity index is 500. The van der Waals surface area contributed by atoms with E-state index in [-0.39, 0.29) is 0 Å². The Morgan fingerprint density at radius 2 is 1.79 bits per heavy atom. The smallest absolute Gasteiger partial charge is 0.00851 e. The van der Waals surface area contributed by atoms with Crippen molar-refractivity contribution in [1.82, 2.24) is 0 Å². The van der Waals surface area contributed by atoms with Gasteiger partial charge in [0.05, 0.1) is 0 Å². The molecule has 0 amide bonds. The molecule has 4 aliphatic carbocycles. The van der Waals surface area contributed by atoms with E-state index in [4.69, 9.17) is 0 Å². The van der Waals surface area contributed by atoms with E-state index < -0.39 is 0 Å². The minimum absolute atomic E-state index is 0.545. The second-order valence-electron chi connectivity index (χ2n) is 9.57. The second kappa shape index (κ2) is 6.65. The Morgan fingerprint density at radius 1 is 1.04 bits per heavy atom. The van der Waals surface area contributed by atoms with Crippen LogP contribution in [0.2, 0.25) is 0 Å². The van der Waals surface area contributed by atoms with Crippen molar-refractivity contribution in [3.05, 3.63) is 24.3 Å². The summed E-state index contributed by atoms with van der Waals surface area (Å²) in [6.45, 7) is 15.8. The predicted molar refractivity (Wildman–Crippen MR) is 106 cm³/mol. The Hall–Kier alpha value is -0.520. The standard InChI is InChI=1S/C22H34.C2H6/c1-5-16-7-9-19-18-8-6-17-14-15(2)10-12-22(17,4)20(18)11-13-21(16,19)3;1-2/h5-6,15-16,18-20H,1,7-14H2,2-4H3;1-2H3. The first-order valence-corrected chi connectivity index (χ1v) is 10.8. The summed E-state index contributed by atoms with van der Waals surface area (Å²) in [4.78, 5) is 0. The van der Waals surface area contributed by atoms with Crippen LogP contribution < -0.4 is 0 Å². The number of hydrogen-bond acceptors (Lipinski definition) is 0. The van der Waals surface area contributed by atoms with Crippen molar-refractivity contribution in [2.24, 2.45) is 40.4 Å². The molecule has 7 unspecified atom stereocenters. The lowest BCUT2D eigenvalue weighted by atomic mass is 9.47. The number of fused-ring (bicyclic) bond motifs is 5. The van der Waals surface area contributed by atoms with Gasteiger partial charge in [-0.15, -0.1) is 6.58 Å². The first kappa shape index (κ1) is 18.3. The summed E-state index contributed by atoms with van der Waals surface area (Å²) >= 11 is 0. The highest BCUT2D eigenvalue weighted by molar-refractivity contribution is 5.25. The Morgan fingerprint density at radius 3 is 2.50 bits per heavy atom. The van der Waals surface area contributed by atoms with Crippen LogP contribution in [0.15, 0.2) is 24.3 Å². The third-order valence-electron chi connectivity index (χ3n) is 8.71. The molecule has 0 heterocycles. The van der Waals surface area contributed by atoms with Crippen molar-refractivity contribution in [1.29, 1.82) is 0 Å². The molecule has 4 rings (SSSR count). The monoisotopic (exact) mass is 328 g/mol. The lowest BCUT2D eigenvalue weighted by molar-refractivity contribution is -0.0375. The van der Waals surface area contributed by atoms with Gasteiger partial charge in [0, 0.05) is 0 Å². The largest absolute Gasteiger partial charge is 0.103 e. The van der Waals surface area contributed by atoms with Gasteiger partial charge in [0.1, 0.15) is 0 Å². The van der Waals surface area contributed by atoms with Crippen LogP contribution in [-0.4, -0.2) is 0 Å². The first-order valence-electron chi connectivity index (χ1n) is 10.8. The molecule has 0 N–H and O–H groups in total. The van der Waals surface area contributed by atoms with Gasteiger partial charge in [0.2, 0.25) is 0 Å². The van der Waals surface area contributed by atoms with Crippen LogP contribution in [-0.2, 0) is 0 Å². The molecule has 136 valence electrons. The van der Waals surface area contributed by atoms with Gasteiger partial charge >= 0.3 is 0 Å². The fourth-order valence-electron chi connectivity index (χ4n) is 7.27. The predicted octanol–water partition coefficient (Wildman–Crippen LogP) is 7.41. The maximum absolute atomic E-state index is 4.16. The van der Waals surface area contributed by atoms with Gasteiger partial charge in [-0.3, -0.25) is 0 Å². The van der Waals surface area contributed by atoms with Crippen LogP contribution in [0.25, 0.3) is 0 Å². The zero-order chi connectivity index (χ0) is 17.5. The molecular formula is C24H40. The van der Waals surface area contributed by atoms with Crippen LogP contribution in [0.5, 0.6) is 0 Å². The van der Waals surface area contributed by atoms with E-state index in [1.807, 2.05) is 19.4 Å². The maximum atomic E-state index is 4.16. The van der Waals surface area contributed by atoms with Crippen LogP contribution >= 0.6 is 0 Å².